The summed E-state index contributed by atoms with van der Waals surface area (Å²) in [5.41, 5.74) is -0.730. The number of rotatable bonds is 7. The molecule has 2 N–H and O–H groups in total. The van der Waals surface area contributed by atoms with Gasteiger partial charge in [-0.15, -0.1) is 0 Å². The Balaban J connectivity index is 2.98. The number of ether oxygens (including phenoxy) is 1. The predicted molar refractivity (Wildman–Crippen MR) is 73.0 cm³/mol. The summed E-state index contributed by atoms with van der Waals surface area (Å²) in [4.78, 5) is 4.09. The van der Waals surface area contributed by atoms with Crippen LogP contribution in [0, 0.1) is 0 Å². The minimum Gasteiger partial charge on any atom is -0.383 e. The van der Waals surface area contributed by atoms with Gasteiger partial charge in [-0.25, -0.2) is 4.98 Å². The number of methoxy groups -OCH3 is 1. The fourth-order valence-electron chi connectivity index (χ4n) is 1.85. The summed E-state index contributed by atoms with van der Waals surface area (Å²) in [5.74, 6) is 0.370. The Morgan fingerprint density at radius 2 is 1.95 bits per heavy atom. The number of anilines is 2. The summed E-state index contributed by atoms with van der Waals surface area (Å²) in [6, 6.07) is 1.93. The minimum atomic E-state index is -4.40. The molecule has 0 aliphatic rings. The summed E-state index contributed by atoms with van der Waals surface area (Å²) in [7, 11) is 3.09. The third-order valence-electron chi connectivity index (χ3n) is 2.77. The topological polar surface area (TPSA) is 46.2 Å². The van der Waals surface area contributed by atoms with Gasteiger partial charge in [0.1, 0.15) is 11.6 Å². The lowest BCUT2D eigenvalue weighted by Gasteiger charge is -2.19. The van der Waals surface area contributed by atoms with E-state index < -0.39 is 11.7 Å². The molecule has 1 rings (SSSR count). The van der Waals surface area contributed by atoms with E-state index in [2.05, 4.69) is 15.6 Å². The molecule has 7 heteroatoms. The second-order valence-corrected chi connectivity index (χ2v) is 4.46. The van der Waals surface area contributed by atoms with E-state index in [1.807, 2.05) is 6.92 Å². The van der Waals surface area contributed by atoms with Crippen molar-refractivity contribution in [2.45, 2.75) is 32.0 Å². The average molecular weight is 291 g/mol. The first-order valence-electron chi connectivity index (χ1n) is 6.43. The van der Waals surface area contributed by atoms with Crippen LogP contribution in [0.5, 0.6) is 0 Å². The van der Waals surface area contributed by atoms with Crippen molar-refractivity contribution in [1.82, 2.24) is 4.98 Å². The normalized spacial score (nSPS) is 13.1. The van der Waals surface area contributed by atoms with Gasteiger partial charge >= 0.3 is 6.18 Å². The molecule has 0 saturated heterocycles. The SMILES string of the molecule is CCCC(COC)Nc1cc(C(F)(F)F)cc(NC)n1. The maximum atomic E-state index is 12.8. The first-order valence-corrected chi connectivity index (χ1v) is 6.43. The maximum absolute atomic E-state index is 12.8. The average Bonchev–Trinajstić information content (AvgIpc) is 2.38. The van der Waals surface area contributed by atoms with E-state index in [1.165, 1.54) is 7.05 Å². The molecule has 0 fully saturated rings. The predicted octanol–water partition coefficient (Wildman–Crippen LogP) is 3.37. The van der Waals surface area contributed by atoms with Gasteiger partial charge in [0.25, 0.3) is 0 Å². The van der Waals surface area contributed by atoms with Crippen LogP contribution < -0.4 is 10.6 Å². The van der Waals surface area contributed by atoms with Gasteiger partial charge in [-0.3, -0.25) is 0 Å². The molecule has 114 valence electrons. The lowest BCUT2D eigenvalue weighted by atomic mass is 10.1. The van der Waals surface area contributed by atoms with Crippen LogP contribution in [-0.4, -0.2) is 31.8 Å². The summed E-state index contributed by atoms with van der Waals surface area (Å²) in [5, 5.41) is 5.63. The van der Waals surface area contributed by atoms with Crippen molar-refractivity contribution in [1.29, 1.82) is 0 Å². The van der Waals surface area contributed by atoms with Crippen molar-refractivity contribution in [3.63, 3.8) is 0 Å². The van der Waals surface area contributed by atoms with E-state index in [0.29, 0.717) is 6.61 Å². The number of alkyl halides is 3. The molecule has 20 heavy (non-hydrogen) atoms. The van der Waals surface area contributed by atoms with Crippen LogP contribution in [0.15, 0.2) is 12.1 Å². The Bertz CT molecular complexity index is 418. The quantitative estimate of drug-likeness (QED) is 0.808. The van der Waals surface area contributed by atoms with Crippen molar-refractivity contribution in [3.05, 3.63) is 17.7 Å². The van der Waals surface area contributed by atoms with Gasteiger partial charge in [-0.1, -0.05) is 13.3 Å². The highest BCUT2D eigenvalue weighted by atomic mass is 19.4. The lowest BCUT2D eigenvalue weighted by molar-refractivity contribution is -0.137. The Hall–Kier alpha value is -1.50. The Kier molecular flexibility index (Phi) is 6.06. The fourth-order valence-corrected chi connectivity index (χ4v) is 1.85. The Morgan fingerprint density at radius 3 is 2.45 bits per heavy atom. The minimum absolute atomic E-state index is 0.0642. The summed E-state index contributed by atoms with van der Waals surface area (Å²) >= 11 is 0. The number of nitrogens with one attached hydrogen (secondary N) is 2. The van der Waals surface area contributed by atoms with Crippen molar-refractivity contribution in [2.24, 2.45) is 0 Å². The zero-order valence-corrected chi connectivity index (χ0v) is 11.8. The molecule has 0 aliphatic carbocycles. The van der Waals surface area contributed by atoms with E-state index >= 15 is 0 Å². The Morgan fingerprint density at radius 1 is 1.30 bits per heavy atom. The molecule has 1 heterocycles. The van der Waals surface area contributed by atoms with E-state index in [1.54, 1.807) is 7.11 Å². The van der Waals surface area contributed by atoms with Gasteiger partial charge in [-0.05, 0) is 18.6 Å². The van der Waals surface area contributed by atoms with Gasteiger partial charge < -0.3 is 15.4 Å². The number of nitrogens with zero attached hydrogens (tertiary/aromatic N) is 1. The standard InChI is InChI=1S/C13H20F3N3O/c1-4-5-10(8-20-3)18-12-7-9(13(14,15)16)6-11(17-2)19-12/h6-7,10H,4-5,8H2,1-3H3,(H2,17,18,19). The number of pyridine rings is 1. The van der Waals surface area contributed by atoms with Gasteiger partial charge in [0.15, 0.2) is 0 Å². The largest absolute Gasteiger partial charge is 0.416 e. The summed E-state index contributed by atoms with van der Waals surface area (Å²) in [6.07, 6.45) is -2.70. The van der Waals surface area contributed by atoms with Crippen LogP contribution in [0.1, 0.15) is 25.3 Å². The molecule has 0 saturated carbocycles. The second kappa shape index (κ2) is 7.33. The zero-order valence-electron chi connectivity index (χ0n) is 11.8. The van der Waals surface area contributed by atoms with Crippen molar-refractivity contribution in [2.75, 3.05) is 31.4 Å². The Labute approximate surface area is 116 Å². The van der Waals surface area contributed by atoms with E-state index in [4.69, 9.17) is 4.74 Å². The molecule has 1 atom stereocenters. The highest BCUT2D eigenvalue weighted by Crippen LogP contribution is 2.32. The van der Waals surface area contributed by atoms with Crippen molar-refractivity contribution >= 4 is 11.6 Å². The van der Waals surface area contributed by atoms with Gasteiger partial charge in [0.05, 0.1) is 18.2 Å². The summed E-state index contributed by atoms with van der Waals surface area (Å²) < 4.78 is 43.5. The smallest absolute Gasteiger partial charge is 0.383 e. The molecule has 0 radical (unpaired) electrons. The first kappa shape index (κ1) is 16.6. The van der Waals surface area contributed by atoms with Gasteiger partial charge in [0, 0.05) is 14.2 Å². The van der Waals surface area contributed by atoms with Crippen LogP contribution in [0.2, 0.25) is 0 Å². The molecule has 1 aromatic heterocycles. The number of halogens is 3. The van der Waals surface area contributed by atoms with Crippen LogP contribution in [0.4, 0.5) is 24.8 Å². The van der Waals surface area contributed by atoms with E-state index in [0.717, 1.165) is 25.0 Å². The van der Waals surface area contributed by atoms with Crippen molar-refractivity contribution < 1.29 is 17.9 Å². The number of hydrogen-bond acceptors (Lipinski definition) is 4. The van der Waals surface area contributed by atoms with Crippen LogP contribution in [-0.2, 0) is 10.9 Å². The third kappa shape index (κ3) is 4.88. The lowest BCUT2D eigenvalue weighted by Crippen LogP contribution is -2.25. The zero-order chi connectivity index (χ0) is 15.2. The molecule has 1 unspecified atom stereocenters. The summed E-state index contributed by atoms with van der Waals surface area (Å²) in [6.45, 7) is 2.42. The molecular weight excluding hydrogens is 271 g/mol. The monoisotopic (exact) mass is 291 g/mol. The molecule has 1 aromatic rings. The first-order chi connectivity index (χ1) is 9.40. The molecular formula is C13H20F3N3O. The fraction of sp³-hybridized carbons (Fsp3) is 0.615. The number of hydrogen-bond donors (Lipinski definition) is 2. The number of aromatic nitrogens is 1. The van der Waals surface area contributed by atoms with Crippen LogP contribution >= 0.6 is 0 Å². The molecule has 4 nitrogen and oxygen atoms in total. The molecule has 0 spiro atoms. The van der Waals surface area contributed by atoms with Crippen molar-refractivity contribution in [3.8, 4) is 0 Å². The highest BCUT2D eigenvalue weighted by molar-refractivity contribution is 5.50. The van der Waals surface area contributed by atoms with Crippen LogP contribution in [0.3, 0.4) is 0 Å². The molecule has 0 aromatic carbocycles. The van der Waals surface area contributed by atoms with Gasteiger partial charge in [0.2, 0.25) is 0 Å². The molecule has 0 aliphatic heterocycles. The van der Waals surface area contributed by atoms with Crippen LogP contribution in [0.25, 0.3) is 0 Å². The van der Waals surface area contributed by atoms with E-state index in [-0.39, 0.29) is 17.7 Å². The van der Waals surface area contributed by atoms with Gasteiger partial charge in [-0.2, -0.15) is 13.2 Å². The third-order valence-corrected chi connectivity index (χ3v) is 2.77. The molecule has 0 bridgehead atoms. The van der Waals surface area contributed by atoms with E-state index in [9.17, 15) is 13.2 Å². The highest BCUT2D eigenvalue weighted by Gasteiger charge is 2.31. The maximum Gasteiger partial charge on any atom is 0.416 e. The second-order valence-electron chi connectivity index (χ2n) is 4.46. The molecule has 0 amide bonds.